The van der Waals surface area contributed by atoms with Gasteiger partial charge in [0, 0.05) is 18.9 Å². The van der Waals surface area contributed by atoms with Crippen LogP contribution in [-0.4, -0.2) is 28.1 Å². The maximum absolute atomic E-state index is 11.6. The zero-order valence-electron chi connectivity index (χ0n) is 10.4. The molecular formula is C13H20N2O2. The molecule has 0 aliphatic carbocycles. The zero-order chi connectivity index (χ0) is 12.7. The van der Waals surface area contributed by atoms with Gasteiger partial charge in [-0.05, 0) is 31.0 Å². The van der Waals surface area contributed by atoms with Crippen LogP contribution >= 0.6 is 0 Å². The van der Waals surface area contributed by atoms with Gasteiger partial charge in [-0.1, -0.05) is 13.3 Å². The molecule has 0 saturated heterocycles. The summed E-state index contributed by atoms with van der Waals surface area (Å²) in [5.41, 5.74) is 0.107. The van der Waals surface area contributed by atoms with Gasteiger partial charge in [0.2, 0.25) is 5.91 Å². The van der Waals surface area contributed by atoms with Crippen molar-refractivity contribution in [3.63, 3.8) is 0 Å². The number of rotatable bonds is 6. The van der Waals surface area contributed by atoms with Crippen LogP contribution in [0.25, 0.3) is 0 Å². The van der Waals surface area contributed by atoms with E-state index in [9.17, 15) is 9.90 Å². The molecular weight excluding hydrogens is 216 g/mol. The van der Waals surface area contributed by atoms with E-state index in [1.54, 1.807) is 19.3 Å². The van der Waals surface area contributed by atoms with Crippen LogP contribution in [-0.2, 0) is 11.2 Å². The van der Waals surface area contributed by atoms with Crippen LogP contribution in [0.5, 0.6) is 0 Å². The van der Waals surface area contributed by atoms with Gasteiger partial charge >= 0.3 is 0 Å². The van der Waals surface area contributed by atoms with E-state index >= 15 is 0 Å². The van der Waals surface area contributed by atoms with Crippen molar-refractivity contribution in [3.05, 3.63) is 30.1 Å². The standard InChI is InChI=1S/C13H20N2O2/c1-3-6-13(2,17)10-15-12(16)9-11-4-7-14-8-5-11/h4-5,7-8,17H,3,6,9-10H2,1-2H3,(H,15,16). The molecule has 1 amide bonds. The van der Waals surface area contributed by atoms with Gasteiger partial charge in [0.1, 0.15) is 0 Å². The molecule has 4 heteroatoms. The molecule has 0 saturated carbocycles. The lowest BCUT2D eigenvalue weighted by atomic mass is 10.0. The van der Waals surface area contributed by atoms with Crippen LogP contribution in [0.2, 0.25) is 0 Å². The summed E-state index contributed by atoms with van der Waals surface area (Å²) < 4.78 is 0. The minimum absolute atomic E-state index is 0.0763. The predicted molar refractivity (Wildman–Crippen MR) is 66.5 cm³/mol. The minimum atomic E-state index is -0.817. The Balaban J connectivity index is 2.36. The molecule has 2 N–H and O–H groups in total. The SMILES string of the molecule is CCCC(C)(O)CNC(=O)Cc1ccncc1. The van der Waals surface area contributed by atoms with Crippen molar-refractivity contribution in [2.75, 3.05) is 6.54 Å². The number of nitrogens with one attached hydrogen (secondary N) is 1. The van der Waals surface area contributed by atoms with Gasteiger partial charge in [0.15, 0.2) is 0 Å². The Labute approximate surface area is 102 Å². The van der Waals surface area contributed by atoms with Crippen molar-refractivity contribution in [2.24, 2.45) is 0 Å². The Morgan fingerprint density at radius 2 is 2.12 bits per heavy atom. The lowest BCUT2D eigenvalue weighted by Gasteiger charge is -2.22. The number of amides is 1. The van der Waals surface area contributed by atoms with Gasteiger partial charge in [-0.3, -0.25) is 9.78 Å². The number of pyridine rings is 1. The number of carbonyl (C=O) groups is 1. The molecule has 4 nitrogen and oxygen atoms in total. The second kappa shape index (κ2) is 6.35. The molecule has 1 aromatic heterocycles. The fourth-order valence-electron chi connectivity index (χ4n) is 1.66. The van der Waals surface area contributed by atoms with E-state index in [-0.39, 0.29) is 5.91 Å². The predicted octanol–water partition coefficient (Wildman–Crippen LogP) is 1.29. The summed E-state index contributed by atoms with van der Waals surface area (Å²) in [5, 5.41) is 12.7. The molecule has 0 radical (unpaired) electrons. The Hall–Kier alpha value is -1.42. The second-order valence-corrected chi connectivity index (χ2v) is 4.56. The first-order valence-electron chi connectivity index (χ1n) is 5.91. The third kappa shape index (κ3) is 5.45. The van der Waals surface area contributed by atoms with Gasteiger partial charge in [0.05, 0.1) is 12.0 Å². The highest BCUT2D eigenvalue weighted by Crippen LogP contribution is 2.10. The van der Waals surface area contributed by atoms with Crippen LogP contribution in [0.1, 0.15) is 32.3 Å². The number of nitrogens with zero attached hydrogens (tertiary/aromatic N) is 1. The van der Waals surface area contributed by atoms with E-state index in [1.807, 2.05) is 19.1 Å². The Morgan fingerprint density at radius 3 is 2.71 bits per heavy atom. The Bertz CT molecular complexity index is 350. The van der Waals surface area contributed by atoms with E-state index in [2.05, 4.69) is 10.3 Å². The number of carbonyl (C=O) groups excluding carboxylic acids is 1. The van der Waals surface area contributed by atoms with Crippen molar-refractivity contribution in [2.45, 2.75) is 38.7 Å². The van der Waals surface area contributed by atoms with Crippen LogP contribution in [0.15, 0.2) is 24.5 Å². The fraction of sp³-hybridized carbons (Fsp3) is 0.538. The Kier molecular flexibility index (Phi) is 5.10. The molecule has 0 aliphatic rings. The molecule has 17 heavy (non-hydrogen) atoms. The average molecular weight is 236 g/mol. The first kappa shape index (κ1) is 13.6. The van der Waals surface area contributed by atoms with Crippen molar-refractivity contribution in [1.29, 1.82) is 0 Å². The molecule has 1 atom stereocenters. The fourth-order valence-corrected chi connectivity index (χ4v) is 1.66. The van der Waals surface area contributed by atoms with E-state index in [1.165, 1.54) is 0 Å². The maximum Gasteiger partial charge on any atom is 0.224 e. The second-order valence-electron chi connectivity index (χ2n) is 4.56. The molecule has 1 aromatic rings. The van der Waals surface area contributed by atoms with Gasteiger partial charge in [-0.2, -0.15) is 0 Å². The smallest absolute Gasteiger partial charge is 0.224 e. The molecule has 0 fully saturated rings. The highest BCUT2D eigenvalue weighted by atomic mass is 16.3. The number of aromatic nitrogens is 1. The summed E-state index contributed by atoms with van der Waals surface area (Å²) in [4.78, 5) is 15.5. The van der Waals surface area contributed by atoms with Crippen LogP contribution in [0.4, 0.5) is 0 Å². The highest BCUT2D eigenvalue weighted by molar-refractivity contribution is 5.78. The van der Waals surface area contributed by atoms with Gasteiger partial charge in [0.25, 0.3) is 0 Å². The van der Waals surface area contributed by atoms with Crippen molar-refractivity contribution >= 4 is 5.91 Å². The first-order chi connectivity index (χ1) is 8.03. The van der Waals surface area contributed by atoms with Crippen LogP contribution in [0, 0.1) is 0 Å². The summed E-state index contributed by atoms with van der Waals surface area (Å²) >= 11 is 0. The normalized spacial score (nSPS) is 14.1. The van der Waals surface area contributed by atoms with Crippen molar-refractivity contribution < 1.29 is 9.90 Å². The summed E-state index contributed by atoms with van der Waals surface area (Å²) in [5.74, 6) is -0.0763. The third-order valence-electron chi connectivity index (χ3n) is 2.57. The zero-order valence-corrected chi connectivity index (χ0v) is 10.4. The minimum Gasteiger partial charge on any atom is -0.388 e. The largest absolute Gasteiger partial charge is 0.388 e. The molecule has 0 aliphatic heterocycles. The van der Waals surface area contributed by atoms with Gasteiger partial charge in [-0.25, -0.2) is 0 Å². The topological polar surface area (TPSA) is 62.2 Å². The van der Waals surface area contributed by atoms with Crippen LogP contribution < -0.4 is 5.32 Å². The molecule has 0 spiro atoms. The average Bonchev–Trinajstić information content (AvgIpc) is 2.28. The lowest BCUT2D eigenvalue weighted by Crippen LogP contribution is -2.41. The molecule has 94 valence electrons. The molecule has 1 rings (SSSR count). The van der Waals surface area contributed by atoms with E-state index in [0.29, 0.717) is 19.4 Å². The molecule has 0 bridgehead atoms. The molecule has 1 heterocycles. The number of aliphatic hydroxyl groups is 1. The summed E-state index contributed by atoms with van der Waals surface area (Å²) in [6, 6.07) is 3.62. The van der Waals surface area contributed by atoms with Crippen molar-refractivity contribution in [1.82, 2.24) is 10.3 Å². The number of hydrogen-bond acceptors (Lipinski definition) is 3. The molecule has 0 aromatic carbocycles. The van der Waals surface area contributed by atoms with Crippen LogP contribution in [0.3, 0.4) is 0 Å². The quantitative estimate of drug-likeness (QED) is 0.782. The van der Waals surface area contributed by atoms with E-state index < -0.39 is 5.60 Å². The summed E-state index contributed by atoms with van der Waals surface area (Å²) in [6.07, 6.45) is 5.23. The van der Waals surface area contributed by atoms with Crippen molar-refractivity contribution in [3.8, 4) is 0 Å². The van der Waals surface area contributed by atoms with E-state index in [0.717, 1.165) is 12.0 Å². The Morgan fingerprint density at radius 1 is 1.47 bits per heavy atom. The van der Waals surface area contributed by atoms with E-state index in [4.69, 9.17) is 0 Å². The first-order valence-corrected chi connectivity index (χ1v) is 5.91. The highest BCUT2D eigenvalue weighted by Gasteiger charge is 2.19. The maximum atomic E-state index is 11.6. The summed E-state index contributed by atoms with van der Waals surface area (Å²) in [7, 11) is 0. The van der Waals surface area contributed by atoms with Gasteiger partial charge < -0.3 is 10.4 Å². The van der Waals surface area contributed by atoms with Gasteiger partial charge in [-0.15, -0.1) is 0 Å². The molecule has 1 unspecified atom stereocenters. The number of hydrogen-bond donors (Lipinski definition) is 2. The lowest BCUT2D eigenvalue weighted by molar-refractivity contribution is -0.121. The monoisotopic (exact) mass is 236 g/mol. The third-order valence-corrected chi connectivity index (χ3v) is 2.57. The summed E-state index contributed by atoms with van der Waals surface area (Å²) in [6.45, 7) is 4.04.